The molecule has 0 N–H and O–H groups in total. The van der Waals surface area contributed by atoms with Gasteiger partial charge in [-0.3, -0.25) is 0 Å². The maximum Gasteiger partial charge on any atom is 0.433 e. The summed E-state index contributed by atoms with van der Waals surface area (Å²) in [5.74, 6) is 0. The molecule has 0 aliphatic carbocycles. The summed E-state index contributed by atoms with van der Waals surface area (Å²) in [4.78, 5) is 14.6. The van der Waals surface area contributed by atoms with Crippen molar-refractivity contribution in [3.8, 4) is 5.69 Å². The molecule has 0 unspecified atom stereocenters. The van der Waals surface area contributed by atoms with Crippen LogP contribution in [0.1, 0.15) is 0 Å². The smallest absolute Gasteiger partial charge is 0.433 e. The molecule has 5 nitrogen and oxygen atoms in total. The van der Waals surface area contributed by atoms with Crippen LogP contribution in [0.15, 0.2) is 53.8 Å². The van der Waals surface area contributed by atoms with E-state index < -0.39 is 6.09 Å². The Kier molecular flexibility index (Phi) is 3.30. The number of carbonyl (C=O) groups excluding carboxylic acids is 1. The summed E-state index contributed by atoms with van der Waals surface area (Å²) >= 11 is 0. The van der Waals surface area contributed by atoms with Crippen molar-refractivity contribution in [2.24, 2.45) is 4.99 Å². The second-order valence-electron chi connectivity index (χ2n) is 3.25. The molecule has 2 aromatic rings. The fourth-order valence-electron chi connectivity index (χ4n) is 1.30. The van der Waals surface area contributed by atoms with E-state index in [1.165, 1.54) is 13.3 Å². The Morgan fingerprint density at radius 1 is 1.29 bits per heavy atom. The van der Waals surface area contributed by atoms with Crippen LogP contribution in [0.4, 0.5) is 4.79 Å². The van der Waals surface area contributed by atoms with Gasteiger partial charge in [-0.1, -0.05) is 18.2 Å². The standard InChI is InChI=1S/C12H11N3O2/c1-17-12(16)14-10-7-8-15(13-9-10)11-5-3-2-4-6-11/h2-9H,1H3. The maximum atomic E-state index is 10.9. The number of nitrogens with zero attached hydrogens (tertiary/aromatic N) is 3. The van der Waals surface area contributed by atoms with Crippen molar-refractivity contribution in [1.29, 1.82) is 0 Å². The third-order valence-electron chi connectivity index (χ3n) is 2.12. The monoisotopic (exact) mass is 229 g/mol. The first-order chi connectivity index (χ1) is 8.29. The summed E-state index contributed by atoms with van der Waals surface area (Å²) in [5.41, 5.74) is 0.942. The molecule has 0 spiro atoms. The first kappa shape index (κ1) is 11.1. The van der Waals surface area contributed by atoms with E-state index in [-0.39, 0.29) is 0 Å². The Balaban J connectivity index is 2.31. The quantitative estimate of drug-likeness (QED) is 0.745. The second-order valence-corrected chi connectivity index (χ2v) is 3.25. The van der Waals surface area contributed by atoms with Crippen LogP contribution >= 0.6 is 0 Å². The lowest BCUT2D eigenvalue weighted by Crippen LogP contribution is -2.11. The molecule has 1 amide bonds. The van der Waals surface area contributed by atoms with Gasteiger partial charge in [-0.25, -0.2) is 9.48 Å². The Morgan fingerprint density at radius 2 is 2.06 bits per heavy atom. The Morgan fingerprint density at radius 3 is 2.65 bits per heavy atom. The summed E-state index contributed by atoms with van der Waals surface area (Å²) < 4.78 is 6.12. The molecule has 0 atom stereocenters. The zero-order valence-corrected chi connectivity index (χ0v) is 9.28. The minimum atomic E-state index is -0.635. The third kappa shape index (κ3) is 2.78. The molecular formula is C12H11N3O2. The van der Waals surface area contributed by atoms with Crippen LogP contribution in [0.3, 0.4) is 0 Å². The summed E-state index contributed by atoms with van der Waals surface area (Å²) in [6.45, 7) is 0. The third-order valence-corrected chi connectivity index (χ3v) is 2.12. The molecule has 0 radical (unpaired) electrons. The predicted molar refractivity (Wildman–Crippen MR) is 61.5 cm³/mol. The molecule has 0 aliphatic rings. The van der Waals surface area contributed by atoms with Crippen LogP contribution in [0.25, 0.3) is 5.69 Å². The van der Waals surface area contributed by atoms with Gasteiger partial charge in [0.2, 0.25) is 0 Å². The highest BCUT2D eigenvalue weighted by molar-refractivity contribution is 5.67. The van der Waals surface area contributed by atoms with Crippen molar-refractivity contribution >= 4 is 6.09 Å². The van der Waals surface area contributed by atoms with E-state index >= 15 is 0 Å². The average molecular weight is 229 g/mol. The zero-order chi connectivity index (χ0) is 12.1. The molecule has 1 aromatic heterocycles. The topological polar surface area (TPSA) is 56.5 Å². The minimum absolute atomic E-state index is 0.462. The van der Waals surface area contributed by atoms with Crippen molar-refractivity contribution < 1.29 is 9.53 Å². The van der Waals surface area contributed by atoms with Crippen LogP contribution in [-0.2, 0) is 4.74 Å². The second kappa shape index (κ2) is 5.07. The summed E-state index contributed by atoms with van der Waals surface area (Å²) in [6, 6.07) is 11.4. The molecule has 2 rings (SSSR count). The van der Waals surface area contributed by atoms with Crippen molar-refractivity contribution in [2.45, 2.75) is 0 Å². The van der Waals surface area contributed by atoms with Gasteiger partial charge in [-0.15, -0.1) is 0 Å². The number of ether oxygens (including phenoxy) is 1. The molecule has 0 saturated carbocycles. The highest BCUT2D eigenvalue weighted by atomic mass is 16.5. The van der Waals surface area contributed by atoms with Gasteiger partial charge >= 0.3 is 6.09 Å². The number of methoxy groups -OCH3 is 1. The van der Waals surface area contributed by atoms with Crippen LogP contribution < -0.4 is 5.36 Å². The van der Waals surface area contributed by atoms with Crippen molar-refractivity contribution in [1.82, 2.24) is 9.78 Å². The fourth-order valence-corrected chi connectivity index (χ4v) is 1.30. The van der Waals surface area contributed by atoms with Gasteiger partial charge in [0.05, 0.1) is 24.4 Å². The average Bonchev–Trinajstić information content (AvgIpc) is 2.40. The van der Waals surface area contributed by atoms with Crippen LogP contribution in [0.5, 0.6) is 0 Å². The normalized spacial score (nSPS) is 11.2. The molecule has 0 aliphatic heterocycles. The number of carbonyl (C=O) groups is 1. The van der Waals surface area contributed by atoms with E-state index in [9.17, 15) is 4.79 Å². The van der Waals surface area contributed by atoms with E-state index in [0.717, 1.165) is 5.69 Å². The minimum Gasteiger partial charge on any atom is -0.451 e. The highest BCUT2D eigenvalue weighted by Gasteiger charge is 1.95. The first-order valence-corrected chi connectivity index (χ1v) is 5.03. The fraction of sp³-hybridized carbons (Fsp3) is 0.0833. The van der Waals surface area contributed by atoms with Crippen molar-refractivity contribution in [3.63, 3.8) is 0 Å². The molecule has 5 heteroatoms. The summed E-state index contributed by atoms with van der Waals surface area (Å²) in [6.07, 6.45) is 2.60. The van der Waals surface area contributed by atoms with Gasteiger partial charge in [0, 0.05) is 6.20 Å². The number of hydrogen-bond acceptors (Lipinski definition) is 3. The van der Waals surface area contributed by atoms with E-state index in [4.69, 9.17) is 0 Å². The number of aromatic nitrogens is 2. The van der Waals surface area contributed by atoms with E-state index in [0.29, 0.717) is 5.36 Å². The summed E-state index contributed by atoms with van der Waals surface area (Å²) in [5, 5.41) is 4.61. The molecule has 86 valence electrons. The number of amides is 1. The number of rotatable bonds is 1. The molecule has 1 aromatic carbocycles. The van der Waals surface area contributed by atoms with Crippen molar-refractivity contribution in [2.75, 3.05) is 7.11 Å². The van der Waals surface area contributed by atoms with E-state index in [1.54, 1.807) is 16.9 Å². The molecule has 0 saturated heterocycles. The highest BCUT2D eigenvalue weighted by Crippen LogP contribution is 2.02. The first-order valence-electron chi connectivity index (χ1n) is 5.03. The van der Waals surface area contributed by atoms with Gasteiger partial charge in [-0.2, -0.15) is 10.1 Å². The Hall–Kier alpha value is -2.43. The van der Waals surface area contributed by atoms with Gasteiger partial charge in [-0.05, 0) is 18.2 Å². The van der Waals surface area contributed by atoms with Crippen LogP contribution in [-0.4, -0.2) is 23.0 Å². The lowest BCUT2D eigenvalue weighted by molar-refractivity contribution is 0.181. The van der Waals surface area contributed by atoms with Gasteiger partial charge < -0.3 is 4.74 Å². The number of para-hydroxylation sites is 1. The lowest BCUT2D eigenvalue weighted by atomic mass is 10.3. The zero-order valence-electron chi connectivity index (χ0n) is 9.28. The number of benzene rings is 1. The molecule has 0 fully saturated rings. The molecule has 0 bridgehead atoms. The van der Waals surface area contributed by atoms with Gasteiger partial charge in [0.25, 0.3) is 0 Å². The Bertz CT molecular complexity index is 555. The molecular weight excluding hydrogens is 218 g/mol. The molecule has 17 heavy (non-hydrogen) atoms. The largest absolute Gasteiger partial charge is 0.451 e. The predicted octanol–water partition coefficient (Wildman–Crippen LogP) is 1.54. The lowest BCUT2D eigenvalue weighted by Gasteiger charge is -2.03. The maximum absolute atomic E-state index is 10.9. The number of hydrogen-bond donors (Lipinski definition) is 0. The van der Waals surface area contributed by atoms with Crippen molar-refractivity contribution in [3.05, 3.63) is 54.1 Å². The van der Waals surface area contributed by atoms with E-state index in [1.807, 2.05) is 30.3 Å². The summed E-state index contributed by atoms with van der Waals surface area (Å²) in [7, 11) is 1.28. The van der Waals surface area contributed by atoms with Gasteiger partial charge in [0.15, 0.2) is 0 Å². The Labute approximate surface area is 98.0 Å². The van der Waals surface area contributed by atoms with Gasteiger partial charge in [0.1, 0.15) is 0 Å². The molecule has 1 heterocycles. The SMILES string of the molecule is COC(=O)N=c1ccn(-c2ccccc2)nc1. The van der Waals surface area contributed by atoms with Crippen LogP contribution in [0.2, 0.25) is 0 Å². The van der Waals surface area contributed by atoms with E-state index in [2.05, 4.69) is 14.8 Å². The van der Waals surface area contributed by atoms with Crippen LogP contribution in [0, 0.1) is 0 Å².